The molecule has 3 N–H and O–H groups in total. The molecule has 2 rings (SSSR count). The molecule has 1 saturated heterocycles. The average Bonchev–Trinajstić information content (AvgIpc) is 2.65. The molecule has 19 heavy (non-hydrogen) atoms. The van der Waals surface area contributed by atoms with Crippen molar-refractivity contribution in [2.24, 2.45) is 5.84 Å². The van der Waals surface area contributed by atoms with Gasteiger partial charge in [0.2, 0.25) is 0 Å². The maximum atomic E-state index is 5.87. The highest BCUT2D eigenvalue weighted by Crippen LogP contribution is 2.34. The third kappa shape index (κ3) is 3.37. The zero-order valence-electron chi connectivity index (χ0n) is 12.4. The Hall–Kier alpha value is -0.420. The molecule has 0 spiro atoms. The Bertz CT molecular complexity index is 392. The van der Waals surface area contributed by atoms with Crippen molar-refractivity contribution in [3.05, 3.63) is 21.9 Å². The van der Waals surface area contributed by atoms with Gasteiger partial charge in [0.15, 0.2) is 0 Å². The number of nitrogens with zero attached hydrogens (tertiary/aromatic N) is 1. The molecule has 1 aliphatic rings. The first-order valence-electron chi connectivity index (χ1n) is 7.32. The van der Waals surface area contributed by atoms with E-state index >= 15 is 0 Å². The van der Waals surface area contributed by atoms with Crippen molar-refractivity contribution in [1.29, 1.82) is 0 Å². The summed E-state index contributed by atoms with van der Waals surface area (Å²) in [6.45, 7) is 9.16. The highest BCUT2D eigenvalue weighted by molar-refractivity contribution is 7.10. The van der Waals surface area contributed by atoms with Gasteiger partial charge in [-0.1, -0.05) is 12.8 Å². The van der Waals surface area contributed by atoms with Crippen LogP contribution in [0.3, 0.4) is 0 Å². The number of hydrogen-bond acceptors (Lipinski definition) is 4. The van der Waals surface area contributed by atoms with Gasteiger partial charge in [0.25, 0.3) is 0 Å². The summed E-state index contributed by atoms with van der Waals surface area (Å²) >= 11 is 1.80. The van der Waals surface area contributed by atoms with Crippen molar-refractivity contribution in [3.63, 3.8) is 0 Å². The Morgan fingerprint density at radius 3 is 2.37 bits per heavy atom. The van der Waals surface area contributed by atoms with Crippen molar-refractivity contribution in [1.82, 2.24) is 10.3 Å². The van der Waals surface area contributed by atoms with E-state index in [0.29, 0.717) is 0 Å². The summed E-state index contributed by atoms with van der Waals surface area (Å²) in [4.78, 5) is 3.96. The van der Waals surface area contributed by atoms with Gasteiger partial charge >= 0.3 is 0 Å². The van der Waals surface area contributed by atoms with E-state index in [2.05, 4.69) is 42.5 Å². The minimum Gasteiger partial charge on any atom is -0.296 e. The van der Waals surface area contributed by atoms with Crippen LogP contribution in [0.2, 0.25) is 0 Å². The summed E-state index contributed by atoms with van der Waals surface area (Å²) in [6.07, 6.45) is 5.35. The van der Waals surface area contributed by atoms with Gasteiger partial charge in [0, 0.05) is 10.4 Å². The Balaban J connectivity index is 2.19. The van der Waals surface area contributed by atoms with E-state index < -0.39 is 0 Å². The summed E-state index contributed by atoms with van der Waals surface area (Å²) in [5.41, 5.74) is 4.42. The highest BCUT2D eigenvalue weighted by Gasteiger charge is 2.36. The predicted molar refractivity (Wildman–Crippen MR) is 83.2 cm³/mol. The Kier molecular flexibility index (Phi) is 5.01. The van der Waals surface area contributed by atoms with Crippen LogP contribution in [0.15, 0.2) is 11.4 Å². The minimum absolute atomic E-state index is 0.0482. The third-order valence-corrected chi connectivity index (χ3v) is 5.26. The first-order valence-corrected chi connectivity index (χ1v) is 8.20. The molecule has 108 valence electrons. The molecule has 1 aliphatic heterocycles. The molecular formula is C15H27N3S. The van der Waals surface area contributed by atoms with Crippen molar-refractivity contribution in [3.8, 4) is 0 Å². The van der Waals surface area contributed by atoms with E-state index in [0.717, 1.165) is 0 Å². The predicted octanol–water partition coefficient (Wildman–Crippen LogP) is 3.22. The van der Waals surface area contributed by atoms with Gasteiger partial charge in [-0.3, -0.25) is 16.2 Å². The molecule has 1 fully saturated rings. The average molecular weight is 281 g/mol. The number of hydrogen-bond donors (Lipinski definition) is 2. The Labute approximate surface area is 121 Å². The number of rotatable bonds is 4. The van der Waals surface area contributed by atoms with Crippen LogP contribution in [0.25, 0.3) is 0 Å². The topological polar surface area (TPSA) is 41.3 Å². The second kappa shape index (κ2) is 6.35. The molecule has 1 aromatic rings. The molecular weight excluding hydrogens is 254 g/mol. The van der Waals surface area contributed by atoms with Crippen molar-refractivity contribution >= 4 is 11.3 Å². The first-order chi connectivity index (χ1) is 9.05. The normalized spacial score (nSPS) is 20.2. The van der Waals surface area contributed by atoms with Gasteiger partial charge in [0.1, 0.15) is 0 Å². The van der Waals surface area contributed by atoms with E-state index in [1.807, 2.05) is 0 Å². The monoisotopic (exact) mass is 281 g/mol. The van der Waals surface area contributed by atoms with Crippen molar-refractivity contribution in [2.45, 2.75) is 58.0 Å². The van der Waals surface area contributed by atoms with Crippen LogP contribution >= 0.6 is 11.3 Å². The van der Waals surface area contributed by atoms with Crippen LogP contribution in [0, 0.1) is 6.92 Å². The van der Waals surface area contributed by atoms with E-state index in [9.17, 15) is 0 Å². The standard InChI is InChI=1S/C15H27N3S/c1-12-10-13(11-19-12)14(17-16)15(2,3)18-8-6-4-5-7-9-18/h10-11,14,17H,4-9,16H2,1-3H3. The molecule has 1 unspecified atom stereocenters. The maximum Gasteiger partial charge on any atom is 0.0646 e. The molecule has 0 saturated carbocycles. The van der Waals surface area contributed by atoms with Gasteiger partial charge in [-0.05, 0) is 63.7 Å². The lowest BCUT2D eigenvalue weighted by Crippen LogP contribution is -2.54. The zero-order valence-corrected chi connectivity index (χ0v) is 13.2. The van der Waals surface area contributed by atoms with Gasteiger partial charge in [0.05, 0.1) is 6.04 Å². The zero-order chi connectivity index (χ0) is 13.9. The van der Waals surface area contributed by atoms with Crippen molar-refractivity contribution in [2.75, 3.05) is 13.1 Å². The number of aryl methyl sites for hydroxylation is 1. The van der Waals surface area contributed by atoms with Crippen LogP contribution in [0.4, 0.5) is 0 Å². The smallest absolute Gasteiger partial charge is 0.0646 e. The number of thiophene rings is 1. The molecule has 1 aromatic heterocycles. The largest absolute Gasteiger partial charge is 0.296 e. The molecule has 0 aliphatic carbocycles. The molecule has 0 amide bonds. The van der Waals surface area contributed by atoms with Gasteiger partial charge in [-0.15, -0.1) is 11.3 Å². The first kappa shape index (κ1) is 15.0. The van der Waals surface area contributed by atoms with Crippen LogP contribution in [0.1, 0.15) is 56.0 Å². The van der Waals surface area contributed by atoms with Crippen LogP contribution in [0.5, 0.6) is 0 Å². The summed E-state index contributed by atoms with van der Waals surface area (Å²) in [5, 5.41) is 2.24. The summed E-state index contributed by atoms with van der Waals surface area (Å²) in [7, 11) is 0. The van der Waals surface area contributed by atoms with E-state index in [-0.39, 0.29) is 11.6 Å². The number of nitrogens with two attached hydrogens (primary N) is 1. The molecule has 3 nitrogen and oxygen atoms in total. The highest BCUT2D eigenvalue weighted by atomic mass is 32.1. The molecule has 0 aromatic carbocycles. The van der Waals surface area contributed by atoms with Gasteiger partial charge in [-0.2, -0.15) is 0 Å². The lowest BCUT2D eigenvalue weighted by Gasteiger charge is -2.43. The second-order valence-corrected chi connectivity index (χ2v) is 7.26. The fourth-order valence-electron chi connectivity index (χ4n) is 3.15. The number of hydrazine groups is 1. The summed E-state index contributed by atoms with van der Waals surface area (Å²) in [6, 6.07) is 2.45. The Morgan fingerprint density at radius 2 is 1.89 bits per heavy atom. The third-order valence-electron chi connectivity index (χ3n) is 4.38. The molecule has 0 bridgehead atoms. The van der Waals surface area contributed by atoms with E-state index in [1.54, 1.807) is 11.3 Å². The molecule has 4 heteroatoms. The lowest BCUT2D eigenvalue weighted by atomic mass is 9.88. The molecule has 0 radical (unpaired) electrons. The summed E-state index contributed by atoms with van der Waals surface area (Å²) in [5.74, 6) is 5.87. The van der Waals surface area contributed by atoms with E-state index in [1.165, 1.54) is 49.2 Å². The minimum atomic E-state index is 0.0482. The second-order valence-electron chi connectivity index (χ2n) is 6.15. The van der Waals surface area contributed by atoms with Gasteiger partial charge in [-0.25, -0.2) is 0 Å². The number of nitrogens with one attached hydrogen (secondary N) is 1. The van der Waals surface area contributed by atoms with E-state index in [4.69, 9.17) is 5.84 Å². The molecule has 2 heterocycles. The Morgan fingerprint density at radius 1 is 1.26 bits per heavy atom. The van der Waals surface area contributed by atoms with Crippen LogP contribution in [-0.2, 0) is 0 Å². The fraction of sp³-hybridized carbons (Fsp3) is 0.733. The molecule has 1 atom stereocenters. The summed E-state index contributed by atoms with van der Waals surface area (Å²) < 4.78 is 0. The van der Waals surface area contributed by atoms with Crippen LogP contribution in [-0.4, -0.2) is 23.5 Å². The lowest BCUT2D eigenvalue weighted by molar-refractivity contribution is 0.0836. The van der Waals surface area contributed by atoms with Crippen LogP contribution < -0.4 is 11.3 Å². The number of likely N-dealkylation sites (tertiary alicyclic amines) is 1. The van der Waals surface area contributed by atoms with Crippen molar-refractivity contribution < 1.29 is 0 Å². The van der Waals surface area contributed by atoms with Gasteiger partial charge < -0.3 is 0 Å². The SMILES string of the molecule is Cc1cc(C(NN)C(C)(C)N2CCCCCC2)cs1. The fourth-order valence-corrected chi connectivity index (χ4v) is 3.88. The quantitative estimate of drug-likeness (QED) is 0.658. The maximum absolute atomic E-state index is 5.87.